The van der Waals surface area contributed by atoms with Gasteiger partial charge in [0.2, 0.25) is 0 Å². The van der Waals surface area contributed by atoms with Gasteiger partial charge in [0.15, 0.2) is 5.65 Å². The van der Waals surface area contributed by atoms with Crippen molar-refractivity contribution in [1.29, 1.82) is 0 Å². The highest BCUT2D eigenvalue weighted by molar-refractivity contribution is 5.80. The van der Waals surface area contributed by atoms with Gasteiger partial charge in [0.25, 0.3) is 0 Å². The molecule has 0 radical (unpaired) electrons. The molecule has 23 heavy (non-hydrogen) atoms. The highest BCUT2D eigenvalue weighted by Crippen LogP contribution is 2.28. The van der Waals surface area contributed by atoms with Crippen LogP contribution in [0.15, 0.2) is 61.2 Å². The summed E-state index contributed by atoms with van der Waals surface area (Å²) in [5, 5.41) is 4.49. The van der Waals surface area contributed by atoms with Gasteiger partial charge in [-0.2, -0.15) is 5.10 Å². The van der Waals surface area contributed by atoms with Crippen molar-refractivity contribution < 1.29 is 0 Å². The smallest absolute Gasteiger partial charge is 0.162 e. The zero-order chi connectivity index (χ0) is 15.8. The minimum absolute atomic E-state index is 0.846. The van der Waals surface area contributed by atoms with E-state index in [9.17, 15) is 0 Å². The Morgan fingerprint density at radius 2 is 1.65 bits per heavy atom. The molecule has 4 nitrogen and oxygen atoms in total. The minimum atomic E-state index is 0.846. The Balaban J connectivity index is 1.94. The third kappa shape index (κ3) is 2.28. The van der Waals surface area contributed by atoms with E-state index >= 15 is 0 Å². The second-order valence-corrected chi connectivity index (χ2v) is 5.68. The van der Waals surface area contributed by atoms with Crippen LogP contribution in [0.25, 0.3) is 28.0 Å². The van der Waals surface area contributed by atoms with Crippen molar-refractivity contribution in [3.63, 3.8) is 0 Å². The zero-order valence-electron chi connectivity index (χ0n) is 13.1. The van der Waals surface area contributed by atoms with Crippen molar-refractivity contribution in [3.8, 4) is 22.4 Å². The Labute approximate surface area is 134 Å². The molecule has 0 unspecified atom stereocenters. The van der Waals surface area contributed by atoms with E-state index in [1.807, 2.05) is 35.2 Å². The normalized spacial score (nSPS) is 11.0. The molecule has 0 aliphatic carbocycles. The van der Waals surface area contributed by atoms with Crippen LogP contribution >= 0.6 is 0 Å². The monoisotopic (exact) mass is 300 g/mol. The van der Waals surface area contributed by atoms with Gasteiger partial charge in [0.1, 0.15) is 0 Å². The molecular formula is C19H16N4. The topological polar surface area (TPSA) is 43.1 Å². The maximum atomic E-state index is 4.61. The SMILES string of the molecule is Cc1ccc(-c2cnc3c(-c4cnccc4C)ccnn23)cc1. The molecule has 0 N–H and O–H groups in total. The molecule has 1 aromatic carbocycles. The lowest BCUT2D eigenvalue weighted by atomic mass is 10.1. The standard InChI is InChI=1S/C19H16N4/c1-13-3-5-15(6-4-13)18-12-21-19-16(8-10-22-23(18)19)17-11-20-9-7-14(17)2/h3-12H,1-2H3. The summed E-state index contributed by atoms with van der Waals surface area (Å²) in [4.78, 5) is 8.85. The molecule has 112 valence electrons. The summed E-state index contributed by atoms with van der Waals surface area (Å²) < 4.78 is 1.90. The highest BCUT2D eigenvalue weighted by atomic mass is 15.3. The number of rotatable bonds is 2. The first-order valence-corrected chi connectivity index (χ1v) is 7.55. The van der Waals surface area contributed by atoms with E-state index in [0.29, 0.717) is 0 Å². The van der Waals surface area contributed by atoms with Crippen molar-refractivity contribution in [2.45, 2.75) is 13.8 Å². The lowest BCUT2D eigenvalue weighted by molar-refractivity contribution is 0.943. The van der Waals surface area contributed by atoms with E-state index in [-0.39, 0.29) is 0 Å². The van der Waals surface area contributed by atoms with Crippen LogP contribution in [0.4, 0.5) is 0 Å². The summed E-state index contributed by atoms with van der Waals surface area (Å²) in [6.07, 6.45) is 7.38. The lowest BCUT2D eigenvalue weighted by Gasteiger charge is -2.07. The number of nitrogens with zero attached hydrogens (tertiary/aromatic N) is 4. The van der Waals surface area contributed by atoms with Gasteiger partial charge in [-0.15, -0.1) is 0 Å². The van der Waals surface area contributed by atoms with Crippen molar-refractivity contribution in [1.82, 2.24) is 19.6 Å². The fraction of sp³-hybridized carbons (Fsp3) is 0.105. The van der Waals surface area contributed by atoms with E-state index in [1.165, 1.54) is 11.1 Å². The van der Waals surface area contributed by atoms with Gasteiger partial charge in [-0.25, -0.2) is 9.50 Å². The molecule has 0 saturated heterocycles. The number of fused-ring (bicyclic) bond motifs is 1. The maximum absolute atomic E-state index is 4.61. The predicted octanol–water partition coefficient (Wildman–Crippen LogP) is 4.08. The van der Waals surface area contributed by atoms with Crippen LogP contribution in [0.1, 0.15) is 11.1 Å². The van der Waals surface area contributed by atoms with Gasteiger partial charge in [0, 0.05) is 35.3 Å². The Morgan fingerprint density at radius 3 is 2.43 bits per heavy atom. The Kier molecular flexibility index (Phi) is 3.15. The Morgan fingerprint density at radius 1 is 0.826 bits per heavy atom. The van der Waals surface area contributed by atoms with Gasteiger partial charge in [-0.3, -0.25) is 4.98 Å². The molecular weight excluding hydrogens is 284 g/mol. The summed E-state index contributed by atoms with van der Waals surface area (Å²) in [5.74, 6) is 0. The average molecular weight is 300 g/mol. The van der Waals surface area contributed by atoms with Crippen molar-refractivity contribution in [2.24, 2.45) is 0 Å². The van der Waals surface area contributed by atoms with Gasteiger partial charge < -0.3 is 0 Å². The molecule has 0 fully saturated rings. The van der Waals surface area contributed by atoms with Crippen molar-refractivity contribution >= 4 is 5.65 Å². The summed E-state index contributed by atoms with van der Waals surface area (Å²) >= 11 is 0. The largest absolute Gasteiger partial charge is 0.264 e. The first kappa shape index (κ1) is 13.6. The average Bonchev–Trinajstić information content (AvgIpc) is 3.00. The predicted molar refractivity (Wildman–Crippen MR) is 91.1 cm³/mol. The van der Waals surface area contributed by atoms with Crippen LogP contribution in [0.3, 0.4) is 0 Å². The van der Waals surface area contributed by atoms with Crippen LogP contribution in [-0.2, 0) is 0 Å². The molecule has 0 aliphatic rings. The molecule has 0 spiro atoms. The Hall–Kier alpha value is -3.01. The molecule has 0 bridgehead atoms. The molecule has 4 heteroatoms. The van der Waals surface area contributed by atoms with Crippen LogP contribution in [0, 0.1) is 13.8 Å². The van der Waals surface area contributed by atoms with Crippen molar-refractivity contribution in [2.75, 3.05) is 0 Å². The van der Waals surface area contributed by atoms with Gasteiger partial charge in [-0.05, 0) is 31.5 Å². The van der Waals surface area contributed by atoms with Crippen LogP contribution in [-0.4, -0.2) is 19.6 Å². The second kappa shape index (κ2) is 5.32. The minimum Gasteiger partial charge on any atom is -0.264 e. The summed E-state index contributed by atoms with van der Waals surface area (Å²) in [6, 6.07) is 12.4. The van der Waals surface area contributed by atoms with Crippen LogP contribution in [0.5, 0.6) is 0 Å². The quantitative estimate of drug-likeness (QED) is 0.560. The number of aromatic nitrogens is 4. The first-order valence-electron chi connectivity index (χ1n) is 7.55. The van der Waals surface area contributed by atoms with E-state index in [2.05, 4.69) is 53.2 Å². The summed E-state index contributed by atoms with van der Waals surface area (Å²) in [5.41, 5.74) is 7.48. The number of imidazole rings is 1. The molecule has 0 saturated carbocycles. The Bertz CT molecular complexity index is 984. The third-order valence-corrected chi connectivity index (χ3v) is 4.08. The maximum Gasteiger partial charge on any atom is 0.162 e. The van der Waals surface area contributed by atoms with Gasteiger partial charge in [0.05, 0.1) is 11.9 Å². The molecule has 4 aromatic rings. The van der Waals surface area contributed by atoms with Crippen molar-refractivity contribution in [3.05, 3.63) is 72.3 Å². The molecule has 0 amide bonds. The van der Waals surface area contributed by atoms with Crippen LogP contribution in [0.2, 0.25) is 0 Å². The third-order valence-electron chi connectivity index (χ3n) is 4.08. The zero-order valence-corrected chi connectivity index (χ0v) is 13.1. The summed E-state index contributed by atoms with van der Waals surface area (Å²) in [7, 11) is 0. The molecule has 0 atom stereocenters. The number of hydrogen-bond donors (Lipinski definition) is 0. The molecule has 3 heterocycles. The molecule has 3 aromatic heterocycles. The molecule has 0 aliphatic heterocycles. The summed E-state index contributed by atoms with van der Waals surface area (Å²) in [6.45, 7) is 4.16. The number of benzene rings is 1. The highest BCUT2D eigenvalue weighted by Gasteiger charge is 2.12. The number of pyridine rings is 1. The fourth-order valence-corrected chi connectivity index (χ4v) is 2.77. The second-order valence-electron chi connectivity index (χ2n) is 5.68. The van der Waals surface area contributed by atoms with E-state index in [4.69, 9.17) is 0 Å². The first-order chi connectivity index (χ1) is 11.2. The van der Waals surface area contributed by atoms with Gasteiger partial charge >= 0.3 is 0 Å². The van der Waals surface area contributed by atoms with Crippen LogP contribution < -0.4 is 0 Å². The number of aryl methyl sites for hydroxylation is 2. The van der Waals surface area contributed by atoms with E-state index in [0.717, 1.165) is 28.0 Å². The lowest BCUT2D eigenvalue weighted by Crippen LogP contribution is -1.96. The van der Waals surface area contributed by atoms with E-state index < -0.39 is 0 Å². The van der Waals surface area contributed by atoms with E-state index in [1.54, 1.807) is 6.20 Å². The number of hydrogen-bond acceptors (Lipinski definition) is 3. The fourth-order valence-electron chi connectivity index (χ4n) is 2.77. The molecule has 4 rings (SSSR count). The van der Waals surface area contributed by atoms with Gasteiger partial charge in [-0.1, -0.05) is 29.8 Å².